The van der Waals surface area contributed by atoms with Crippen LogP contribution in [0.2, 0.25) is 0 Å². The molecule has 3 heteroatoms. The van der Waals surface area contributed by atoms with E-state index in [1.807, 2.05) is 6.07 Å². The van der Waals surface area contributed by atoms with Crippen LogP contribution in [0, 0.1) is 11.3 Å². The summed E-state index contributed by atoms with van der Waals surface area (Å²) in [6, 6.07) is 8.49. The third-order valence-electron chi connectivity index (χ3n) is 3.41. The van der Waals surface area contributed by atoms with E-state index in [1.165, 1.54) is 30.3 Å². The standard InChI is InChI=1S/C14H14N2S/c15-10-11-4-5-13(12-6-9-17-14(11)12)16-7-2-1-3-8-16/h4-6,9H,1-3,7-8H2. The highest BCUT2D eigenvalue weighted by atomic mass is 32.1. The highest BCUT2D eigenvalue weighted by Gasteiger charge is 2.15. The molecule has 1 aromatic heterocycles. The van der Waals surface area contributed by atoms with Gasteiger partial charge in [-0.1, -0.05) is 0 Å². The number of hydrogen-bond acceptors (Lipinski definition) is 3. The number of hydrogen-bond donors (Lipinski definition) is 0. The van der Waals surface area contributed by atoms with Crippen molar-refractivity contribution in [1.82, 2.24) is 0 Å². The molecule has 3 rings (SSSR count). The van der Waals surface area contributed by atoms with Crippen LogP contribution < -0.4 is 4.90 Å². The fourth-order valence-corrected chi connectivity index (χ4v) is 3.43. The molecule has 2 nitrogen and oxygen atoms in total. The first-order valence-corrected chi connectivity index (χ1v) is 6.93. The molecule has 1 aliphatic heterocycles. The fraction of sp³-hybridized carbons (Fsp3) is 0.357. The lowest BCUT2D eigenvalue weighted by molar-refractivity contribution is 0.579. The van der Waals surface area contributed by atoms with Crippen LogP contribution in [0.5, 0.6) is 0 Å². The molecule has 0 saturated carbocycles. The Hall–Kier alpha value is -1.53. The van der Waals surface area contributed by atoms with Gasteiger partial charge in [-0.05, 0) is 42.8 Å². The molecule has 0 atom stereocenters. The lowest BCUT2D eigenvalue weighted by Gasteiger charge is -2.29. The van der Waals surface area contributed by atoms with Crippen LogP contribution in [0.25, 0.3) is 10.1 Å². The zero-order valence-electron chi connectivity index (χ0n) is 9.65. The first-order valence-electron chi connectivity index (χ1n) is 6.05. The SMILES string of the molecule is N#Cc1ccc(N2CCCCC2)c2ccsc12. The van der Waals surface area contributed by atoms with Gasteiger partial charge in [-0.3, -0.25) is 0 Å². The molecule has 86 valence electrons. The lowest BCUT2D eigenvalue weighted by atomic mass is 10.1. The normalized spacial score (nSPS) is 16.1. The fourth-order valence-electron chi connectivity index (χ4n) is 2.55. The number of benzene rings is 1. The maximum atomic E-state index is 9.10. The largest absolute Gasteiger partial charge is 0.371 e. The average Bonchev–Trinajstić information content (AvgIpc) is 2.88. The van der Waals surface area contributed by atoms with Gasteiger partial charge in [-0.25, -0.2) is 0 Å². The maximum Gasteiger partial charge on any atom is 0.101 e. The molecule has 2 heterocycles. The van der Waals surface area contributed by atoms with E-state index in [4.69, 9.17) is 5.26 Å². The summed E-state index contributed by atoms with van der Waals surface area (Å²) in [6.45, 7) is 2.30. The van der Waals surface area contributed by atoms with E-state index in [0.717, 1.165) is 23.4 Å². The van der Waals surface area contributed by atoms with E-state index in [-0.39, 0.29) is 0 Å². The number of rotatable bonds is 1. The molecule has 0 N–H and O–H groups in total. The van der Waals surface area contributed by atoms with Crippen molar-refractivity contribution in [3.8, 4) is 6.07 Å². The molecule has 0 amide bonds. The van der Waals surface area contributed by atoms with E-state index in [0.29, 0.717) is 0 Å². The Morgan fingerprint density at radius 1 is 1.12 bits per heavy atom. The number of nitrogens with zero attached hydrogens (tertiary/aromatic N) is 2. The Morgan fingerprint density at radius 3 is 2.71 bits per heavy atom. The van der Waals surface area contributed by atoms with Crippen molar-refractivity contribution in [3.63, 3.8) is 0 Å². The monoisotopic (exact) mass is 242 g/mol. The number of fused-ring (bicyclic) bond motifs is 1. The summed E-state index contributed by atoms with van der Waals surface area (Å²) in [5, 5.41) is 12.4. The summed E-state index contributed by atoms with van der Waals surface area (Å²) in [4.78, 5) is 2.46. The molecule has 0 spiro atoms. The molecular formula is C14H14N2S. The quantitative estimate of drug-likeness (QED) is 0.761. The van der Waals surface area contributed by atoms with Crippen molar-refractivity contribution in [2.45, 2.75) is 19.3 Å². The van der Waals surface area contributed by atoms with Crippen molar-refractivity contribution in [2.24, 2.45) is 0 Å². The van der Waals surface area contributed by atoms with E-state index in [1.54, 1.807) is 11.3 Å². The molecule has 0 bridgehead atoms. The topological polar surface area (TPSA) is 27.0 Å². The van der Waals surface area contributed by atoms with Gasteiger partial charge in [0.25, 0.3) is 0 Å². The van der Waals surface area contributed by atoms with Crippen molar-refractivity contribution < 1.29 is 0 Å². The first kappa shape index (κ1) is 10.6. The van der Waals surface area contributed by atoms with Crippen LogP contribution in [-0.2, 0) is 0 Å². The van der Waals surface area contributed by atoms with Crippen LogP contribution in [0.3, 0.4) is 0 Å². The Balaban J connectivity index is 2.11. The zero-order chi connectivity index (χ0) is 11.7. The van der Waals surface area contributed by atoms with Gasteiger partial charge in [0, 0.05) is 24.2 Å². The summed E-state index contributed by atoms with van der Waals surface area (Å²) < 4.78 is 1.13. The van der Waals surface area contributed by atoms with Gasteiger partial charge >= 0.3 is 0 Å². The van der Waals surface area contributed by atoms with Gasteiger partial charge in [-0.2, -0.15) is 5.26 Å². The van der Waals surface area contributed by atoms with Crippen LogP contribution in [0.1, 0.15) is 24.8 Å². The third-order valence-corrected chi connectivity index (χ3v) is 4.36. The summed E-state index contributed by atoms with van der Waals surface area (Å²) in [6.07, 6.45) is 3.91. The van der Waals surface area contributed by atoms with Gasteiger partial charge < -0.3 is 4.90 Å². The van der Waals surface area contributed by atoms with Gasteiger partial charge in [0.2, 0.25) is 0 Å². The average molecular weight is 242 g/mol. The van der Waals surface area contributed by atoms with Crippen molar-refractivity contribution >= 4 is 27.1 Å². The van der Waals surface area contributed by atoms with E-state index >= 15 is 0 Å². The van der Waals surface area contributed by atoms with Crippen molar-refractivity contribution in [3.05, 3.63) is 29.1 Å². The first-order chi connectivity index (χ1) is 8.40. The minimum atomic E-state index is 0.802. The van der Waals surface area contributed by atoms with Gasteiger partial charge in [0.05, 0.1) is 10.3 Å². The smallest absolute Gasteiger partial charge is 0.101 e. The van der Waals surface area contributed by atoms with Gasteiger partial charge in [-0.15, -0.1) is 11.3 Å². The van der Waals surface area contributed by atoms with Crippen molar-refractivity contribution in [2.75, 3.05) is 18.0 Å². The van der Waals surface area contributed by atoms with E-state index in [2.05, 4.69) is 28.5 Å². The number of anilines is 1. The van der Waals surface area contributed by atoms with Crippen molar-refractivity contribution in [1.29, 1.82) is 5.26 Å². The molecular weight excluding hydrogens is 228 g/mol. The molecule has 1 fully saturated rings. The number of piperidine rings is 1. The Morgan fingerprint density at radius 2 is 1.94 bits per heavy atom. The second-order valence-corrected chi connectivity index (χ2v) is 5.37. The summed E-state index contributed by atoms with van der Waals surface area (Å²) in [5.41, 5.74) is 2.11. The molecule has 0 aliphatic carbocycles. The molecule has 0 radical (unpaired) electrons. The zero-order valence-corrected chi connectivity index (χ0v) is 10.5. The second kappa shape index (κ2) is 4.38. The van der Waals surface area contributed by atoms with Crippen LogP contribution >= 0.6 is 11.3 Å². The highest BCUT2D eigenvalue weighted by molar-refractivity contribution is 7.17. The highest BCUT2D eigenvalue weighted by Crippen LogP contribution is 2.34. The lowest BCUT2D eigenvalue weighted by Crippen LogP contribution is -2.29. The Kier molecular flexibility index (Phi) is 2.74. The molecule has 1 saturated heterocycles. The predicted octanol–water partition coefficient (Wildman–Crippen LogP) is 3.76. The Labute approximate surface area is 105 Å². The minimum absolute atomic E-state index is 0.802. The molecule has 2 aromatic rings. The van der Waals surface area contributed by atoms with E-state index < -0.39 is 0 Å². The summed E-state index contributed by atoms with van der Waals surface area (Å²) >= 11 is 1.67. The Bertz CT molecular complexity index is 573. The van der Waals surface area contributed by atoms with Gasteiger partial charge in [0.15, 0.2) is 0 Å². The molecule has 1 aliphatic rings. The molecule has 1 aromatic carbocycles. The number of thiophene rings is 1. The van der Waals surface area contributed by atoms with Crippen LogP contribution in [0.4, 0.5) is 5.69 Å². The van der Waals surface area contributed by atoms with Crippen LogP contribution in [0.15, 0.2) is 23.6 Å². The number of nitriles is 1. The molecule has 17 heavy (non-hydrogen) atoms. The predicted molar refractivity (Wildman–Crippen MR) is 72.6 cm³/mol. The van der Waals surface area contributed by atoms with Gasteiger partial charge in [0.1, 0.15) is 6.07 Å². The minimum Gasteiger partial charge on any atom is -0.371 e. The van der Waals surface area contributed by atoms with Crippen LogP contribution in [-0.4, -0.2) is 13.1 Å². The van der Waals surface area contributed by atoms with E-state index in [9.17, 15) is 0 Å². The molecule has 0 unspecified atom stereocenters. The second-order valence-electron chi connectivity index (χ2n) is 4.46. The summed E-state index contributed by atoms with van der Waals surface area (Å²) in [7, 11) is 0. The maximum absolute atomic E-state index is 9.10. The summed E-state index contributed by atoms with van der Waals surface area (Å²) in [5.74, 6) is 0. The third kappa shape index (κ3) is 1.79.